The van der Waals surface area contributed by atoms with Gasteiger partial charge in [-0.25, -0.2) is 0 Å². The summed E-state index contributed by atoms with van der Waals surface area (Å²) in [4.78, 5) is 24.4. The van der Waals surface area contributed by atoms with E-state index < -0.39 is 17.6 Å². The highest BCUT2D eigenvalue weighted by Crippen LogP contribution is 2.34. The fourth-order valence-electron chi connectivity index (χ4n) is 2.73. The van der Waals surface area contributed by atoms with Crippen molar-refractivity contribution >= 4 is 23.2 Å². The highest BCUT2D eigenvalue weighted by molar-refractivity contribution is 6.05. The van der Waals surface area contributed by atoms with Crippen molar-refractivity contribution in [2.75, 3.05) is 10.6 Å². The van der Waals surface area contributed by atoms with E-state index in [1.807, 2.05) is 30.3 Å². The maximum absolute atomic E-state index is 13.0. The van der Waals surface area contributed by atoms with E-state index in [1.54, 1.807) is 0 Å². The maximum atomic E-state index is 13.0. The van der Waals surface area contributed by atoms with Crippen molar-refractivity contribution in [3.05, 3.63) is 95.6 Å². The fraction of sp³-hybridized carbons (Fsp3) is 0.0909. The van der Waals surface area contributed by atoms with E-state index in [0.29, 0.717) is 5.69 Å². The molecule has 0 aliphatic heterocycles. The molecule has 3 aromatic rings. The Morgan fingerprint density at radius 3 is 2.03 bits per heavy atom. The van der Waals surface area contributed by atoms with Crippen LogP contribution in [-0.2, 0) is 17.4 Å². The van der Waals surface area contributed by atoms with Crippen LogP contribution in [0.25, 0.3) is 0 Å². The molecule has 0 radical (unpaired) electrons. The van der Waals surface area contributed by atoms with Crippen LogP contribution in [0.1, 0.15) is 21.5 Å². The van der Waals surface area contributed by atoms with Crippen LogP contribution in [0.15, 0.2) is 78.9 Å². The van der Waals surface area contributed by atoms with E-state index in [-0.39, 0.29) is 23.6 Å². The van der Waals surface area contributed by atoms with Gasteiger partial charge < -0.3 is 10.6 Å². The minimum atomic E-state index is -4.57. The highest BCUT2D eigenvalue weighted by Gasteiger charge is 2.33. The molecule has 0 aliphatic rings. The van der Waals surface area contributed by atoms with Crippen molar-refractivity contribution in [3.8, 4) is 0 Å². The third-order valence-corrected chi connectivity index (χ3v) is 4.12. The molecule has 0 saturated heterocycles. The van der Waals surface area contributed by atoms with Crippen molar-refractivity contribution in [3.63, 3.8) is 0 Å². The number of hydrogen-bond donors (Lipinski definition) is 2. The van der Waals surface area contributed by atoms with E-state index in [2.05, 4.69) is 10.6 Å². The molecule has 29 heavy (non-hydrogen) atoms. The first kappa shape index (κ1) is 20.1. The number of hydrogen-bond acceptors (Lipinski definition) is 2. The standard InChI is InChI=1S/C22H17F3N2O2/c23-22(24,25)18-8-4-5-9-19(18)27-21(29)16-10-12-17(13-11-16)26-20(28)14-15-6-2-1-3-7-15/h1-13H,14H2,(H,26,28)(H,27,29). The largest absolute Gasteiger partial charge is 0.418 e. The minimum Gasteiger partial charge on any atom is -0.326 e. The summed E-state index contributed by atoms with van der Waals surface area (Å²) in [5.74, 6) is -0.892. The quantitative estimate of drug-likeness (QED) is 0.625. The molecule has 2 N–H and O–H groups in total. The maximum Gasteiger partial charge on any atom is 0.418 e. The summed E-state index contributed by atoms with van der Waals surface area (Å²) in [6.07, 6.45) is -4.37. The Morgan fingerprint density at radius 2 is 1.38 bits per heavy atom. The highest BCUT2D eigenvalue weighted by atomic mass is 19.4. The molecule has 0 unspecified atom stereocenters. The lowest BCUT2D eigenvalue weighted by Gasteiger charge is -2.13. The Bertz CT molecular complexity index is 1000. The van der Waals surface area contributed by atoms with Gasteiger partial charge in [-0.1, -0.05) is 42.5 Å². The first-order valence-corrected chi connectivity index (χ1v) is 8.74. The van der Waals surface area contributed by atoms with Crippen LogP contribution in [0, 0.1) is 0 Å². The average molecular weight is 398 g/mol. The number of para-hydroxylation sites is 1. The average Bonchev–Trinajstić information content (AvgIpc) is 2.69. The van der Waals surface area contributed by atoms with Crippen molar-refractivity contribution in [1.29, 1.82) is 0 Å². The van der Waals surface area contributed by atoms with E-state index in [0.717, 1.165) is 11.6 Å². The Labute approximate surface area is 165 Å². The lowest BCUT2D eigenvalue weighted by molar-refractivity contribution is -0.136. The molecule has 3 aromatic carbocycles. The third-order valence-electron chi connectivity index (χ3n) is 4.12. The van der Waals surface area contributed by atoms with Crippen molar-refractivity contribution in [1.82, 2.24) is 0 Å². The number of amides is 2. The summed E-state index contributed by atoms with van der Waals surface area (Å²) < 4.78 is 39.1. The van der Waals surface area contributed by atoms with Crippen LogP contribution in [0.4, 0.5) is 24.5 Å². The van der Waals surface area contributed by atoms with Gasteiger partial charge in [0.15, 0.2) is 0 Å². The second-order valence-electron chi connectivity index (χ2n) is 6.29. The summed E-state index contributed by atoms with van der Waals surface area (Å²) in [7, 11) is 0. The zero-order chi connectivity index (χ0) is 20.9. The van der Waals surface area contributed by atoms with Gasteiger partial charge in [-0.05, 0) is 42.0 Å². The molecule has 0 fully saturated rings. The molecule has 7 heteroatoms. The lowest BCUT2D eigenvalue weighted by Crippen LogP contribution is -2.17. The zero-order valence-corrected chi connectivity index (χ0v) is 15.2. The normalized spacial score (nSPS) is 11.0. The molecule has 0 saturated carbocycles. The molecular formula is C22H17F3N2O2. The van der Waals surface area contributed by atoms with Gasteiger partial charge in [0.2, 0.25) is 5.91 Å². The molecule has 0 aliphatic carbocycles. The monoisotopic (exact) mass is 398 g/mol. The number of benzene rings is 3. The van der Waals surface area contributed by atoms with E-state index >= 15 is 0 Å². The molecule has 0 bridgehead atoms. The smallest absolute Gasteiger partial charge is 0.326 e. The number of nitrogens with one attached hydrogen (secondary N) is 2. The van der Waals surface area contributed by atoms with Crippen molar-refractivity contribution in [2.24, 2.45) is 0 Å². The molecule has 0 heterocycles. The summed E-state index contributed by atoms with van der Waals surface area (Å²) in [6, 6.07) is 19.9. The molecule has 0 atom stereocenters. The molecule has 148 valence electrons. The van der Waals surface area contributed by atoms with Gasteiger partial charge in [-0.2, -0.15) is 13.2 Å². The van der Waals surface area contributed by atoms with E-state index in [1.165, 1.54) is 42.5 Å². The van der Waals surface area contributed by atoms with Crippen LogP contribution in [0.3, 0.4) is 0 Å². The van der Waals surface area contributed by atoms with E-state index in [9.17, 15) is 22.8 Å². The van der Waals surface area contributed by atoms with Crippen molar-refractivity contribution < 1.29 is 22.8 Å². The lowest BCUT2D eigenvalue weighted by atomic mass is 10.1. The molecule has 0 spiro atoms. The number of carbonyl (C=O) groups is 2. The second-order valence-corrected chi connectivity index (χ2v) is 6.29. The third kappa shape index (κ3) is 5.44. The Hall–Kier alpha value is -3.61. The summed E-state index contributed by atoms with van der Waals surface area (Å²) >= 11 is 0. The second kappa shape index (κ2) is 8.60. The topological polar surface area (TPSA) is 58.2 Å². The number of carbonyl (C=O) groups excluding carboxylic acids is 2. The molecule has 3 rings (SSSR count). The first-order chi connectivity index (χ1) is 13.8. The number of halogens is 3. The fourth-order valence-corrected chi connectivity index (χ4v) is 2.73. The van der Waals surface area contributed by atoms with E-state index in [4.69, 9.17) is 0 Å². The van der Waals surface area contributed by atoms with Gasteiger partial charge in [-0.15, -0.1) is 0 Å². The summed E-state index contributed by atoms with van der Waals surface area (Å²) in [5.41, 5.74) is 0.286. The molecule has 0 aromatic heterocycles. The Morgan fingerprint density at radius 1 is 0.759 bits per heavy atom. The van der Waals surface area contributed by atoms with Gasteiger partial charge in [-0.3, -0.25) is 9.59 Å². The molecular weight excluding hydrogens is 381 g/mol. The van der Waals surface area contributed by atoms with Gasteiger partial charge in [0.25, 0.3) is 5.91 Å². The summed E-state index contributed by atoms with van der Waals surface area (Å²) in [5, 5.41) is 5.00. The van der Waals surface area contributed by atoms with Gasteiger partial charge in [0.05, 0.1) is 17.7 Å². The van der Waals surface area contributed by atoms with Gasteiger partial charge in [0, 0.05) is 11.3 Å². The van der Waals surface area contributed by atoms with Gasteiger partial charge >= 0.3 is 6.18 Å². The van der Waals surface area contributed by atoms with Crippen molar-refractivity contribution in [2.45, 2.75) is 12.6 Å². The first-order valence-electron chi connectivity index (χ1n) is 8.74. The van der Waals surface area contributed by atoms with Crippen LogP contribution >= 0.6 is 0 Å². The van der Waals surface area contributed by atoms with Gasteiger partial charge in [0.1, 0.15) is 0 Å². The van der Waals surface area contributed by atoms with Crippen LogP contribution in [0.2, 0.25) is 0 Å². The predicted molar refractivity (Wildman–Crippen MR) is 105 cm³/mol. The summed E-state index contributed by atoms with van der Waals surface area (Å²) in [6.45, 7) is 0. The SMILES string of the molecule is O=C(Cc1ccccc1)Nc1ccc(C(=O)Nc2ccccc2C(F)(F)F)cc1. The molecule has 4 nitrogen and oxygen atoms in total. The van der Waals surface area contributed by atoms with Crippen LogP contribution in [0.5, 0.6) is 0 Å². The zero-order valence-electron chi connectivity index (χ0n) is 15.2. The number of rotatable bonds is 5. The molecule has 2 amide bonds. The predicted octanol–water partition coefficient (Wildman–Crippen LogP) is 5.14. The Balaban J connectivity index is 1.64. The van der Waals surface area contributed by atoms with Crippen LogP contribution < -0.4 is 10.6 Å². The van der Waals surface area contributed by atoms with Crippen LogP contribution in [-0.4, -0.2) is 11.8 Å². The Kier molecular flexibility index (Phi) is 5.97. The number of anilines is 2. The number of alkyl halides is 3. The minimum absolute atomic E-state index is 0.169.